The summed E-state index contributed by atoms with van der Waals surface area (Å²) in [6.45, 7) is 5.38. The van der Waals surface area contributed by atoms with Gasteiger partial charge in [-0.2, -0.15) is 0 Å². The molecule has 1 aliphatic rings. The van der Waals surface area contributed by atoms with Crippen LogP contribution >= 0.6 is 11.8 Å². The normalized spacial score (nSPS) is 17.7. The molecule has 5 heteroatoms. The smallest absolute Gasteiger partial charge is 0.190 e. The van der Waals surface area contributed by atoms with E-state index in [0.717, 1.165) is 29.3 Å². The number of aryl methyl sites for hydroxylation is 1. The van der Waals surface area contributed by atoms with Crippen molar-refractivity contribution in [3.63, 3.8) is 0 Å². The Balaban J connectivity index is 1.71. The Morgan fingerprint density at radius 2 is 2.25 bits per heavy atom. The highest BCUT2D eigenvalue weighted by atomic mass is 32.2. The van der Waals surface area contributed by atoms with E-state index in [0.29, 0.717) is 5.92 Å². The molecule has 1 unspecified atom stereocenters. The summed E-state index contributed by atoms with van der Waals surface area (Å²) < 4.78 is 2.05. The predicted molar refractivity (Wildman–Crippen MR) is 66.7 cm³/mol. The quantitative estimate of drug-likeness (QED) is 0.767. The maximum absolute atomic E-state index is 4.15. The van der Waals surface area contributed by atoms with Crippen molar-refractivity contribution in [1.29, 1.82) is 0 Å². The summed E-state index contributed by atoms with van der Waals surface area (Å²) in [5, 5.41) is 12.8. The number of thioether (sulfide) groups is 1. The molecule has 4 nitrogen and oxygen atoms in total. The highest BCUT2D eigenvalue weighted by Gasteiger charge is 2.20. The zero-order valence-corrected chi connectivity index (χ0v) is 11.0. The van der Waals surface area contributed by atoms with Crippen LogP contribution in [0.3, 0.4) is 0 Å². The first-order valence-corrected chi connectivity index (χ1v) is 6.87. The minimum Gasteiger partial charge on any atom is -0.314 e. The second-order valence-corrected chi connectivity index (χ2v) is 5.67. The highest BCUT2D eigenvalue weighted by molar-refractivity contribution is 7.99. The average Bonchev–Trinajstić information content (AvgIpc) is 3.04. The maximum Gasteiger partial charge on any atom is 0.190 e. The largest absolute Gasteiger partial charge is 0.314 e. The second-order valence-electron chi connectivity index (χ2n) is 4.69. The molecule has 90 valence electrons. The van der Waals surface area contributed by atoms with Gasteiger partial charge >= 0.3 is 0 Å². The lowest BCUT2D eigenvalue weighted by Gasteiger charge is -2.11. The summed E-state index contributed by atoms with van der Waals surface area (Å²) in [7, 11) is 2.02. The fraction of sp³-hybridized carbons (Fsp3) is 0.818. The Bertz CT molecular complexity index is 346. The van der Waals surface area contributed by atoms with E-state index in [2.05, 4.69) is 22.4 Å². The lowest BCUT2D eigenvalue weighted by molar-refractivity contribution is 0.556. The average molecular weight is 240 g/mol. The van der Waals surface area contributed by atoms with E-state index in [-0.39, 0.29) is 0 Å². The first kappa shape index (κ1) is 11.9. The Kier molecular flexibility index (Phi) is 3.86. The summed E-state index contributed by atoms with van der Waals surface area (Å²) in [5.74, 6) is 2.76. The van der Waals surface area contributed by atoms with Gasteiger partial charge in [0.2, 0.25) is 0 Å². The molecule has 0 radical (unpaired) electrons. The maximum atomic E-state index is 4.15. The molecule has 0 amide bonds. The summed E-state index contributed by atoms with van der Waals surface area (Å²) in [5.41, 5.74) is 0. The Morgan fingerprint density at radius 1 is 1.50 bits per heavy atom. The zero-order valence-electron chi connectivity index (χ0n) is 10.2. The van der Waals surface area contributed by atoms with E-state index < -0.39 is 0 Å². The van der Waals surface area contributed by atoms with E-state index in [4.69, 9.17) is 0 Å². The van der Waals surface area contributed by atoms with E-state index in [1.54, 1.807) is 11.8 Å². The first-order chi connectivity index (χ1) is 7.66. The van der Waals surface area contributed by atoms with Crippen LogP contribution in [0.5, 0.6) is 0 Å². The summed E-state index contributed by atoms with van der Waals surface area (Å²) in [6, 6.07) is 0.810. The molecule has 0 bridgehead atoms. The molecule has 0 aliphatic heterocycles. The molecule has 1 aromatic rings. The minimum atomic E-state index is 0.683. The van der Waals surface area contributed by atoms with Crippen LogP contribution in [0, 0.1) is 12.8 Å². The molecule has 1 heterocycles. The van der Waals surface area contributed by atoms with Crippen molar-refractivity contribution in [3.8, 4) is 0 Å². The van der Waals surface area contributed by atoms with Gasteiger partial charge in [0.15, 0.2) is 5.16 Å². The fourth-order valence-corrected chi connectivity index (χ4v) is 2.42. The van der Waals surface area contributed by atoms with E-state index >= 15 is 0 Å². The third kappa shape index (κ3) is 3.22. The molecular weight excluding hydrogens is 220 g/mol. The fourth-order valence-electron chi connectivity index (χ4n) is 1.44. The molecule has 1 N–H and O–H groups in total. The summed E-state index contributed by atoms with van der Waals surface area (Å²) in [6.07, 6.45) is 2.73. The Labute approximate surface area is 101 Å². The predicted octanol–water partition coefficient (Wildman–Crippen LogP) is 1.60. The van der Waals surface area contributed by atoms with Crippen molar-refractivity contribution in [2.45, 2.75) is 37.9 Å². The van der Waals surface area contributed by atoms with Gasteiger partial charge in [-0.3, -0.25) is 0 Å². The molecule has 1 atom stereocenters. The van der Waals surface area contributed by atoms with Crippen molar-refractivity contribution in [2.24, 2.45) is 13.0 Å². The number of nitrogens with zero attached hydrogens (tertiary/aromatic N) is 3. The number of nitrogens with one attached hydrogen (secondary N) is 1. The molecule has 16 heavy (non-hydrogen) atoms. The number of hydrogen-bond donors (Lipinski definition) is 1. The SMILES string of the molecule is Cc1nnc(SCC(C)CNC2CC2)n1C. The molecule has 0 saturated heterocycles. The van der Waals surface area contributed by atoms with Crippen molar-refractivity contribution in [3.05, 3.63) is 5.82 Å². The molecule has 2 rings (SSSR count). The van der Waals surface area contributed by atoms with Gasteiger partial charge < -0.3 is 9.88 Å². The molecule has 0 aromatic carbocycles. The van der Waals surface area contributed by atoms with Crippen LogP contribution in [-0.2, 0) is 7.05 Å². The van der Waals surface area contributed by atoms with Gasteiger partial charge in [-0.25, -0.2) is 0 Å². The lowest BCUT2D eigenvalue weighted by Crippen LogP contribution is -2.24. The van der Waals surface area contributed by atoms with Crippen LogP contribution in [0.1, 0.15) is 25.6 Å². The Hall–Kier alpha value is -0.550. The molecule has 1 fully saturated rings. The van der Waals surface area contributed by atoms with E-state index in [9.17, 15) is 0 Å². The van der Waals surface area contributed by atoms with Crippen molar-refractivity contribution in [1.82, 2.24) is 20.1 Å². The van der Waals surface area contributed by atoms with E-state index in [1.165, 1.54) is 12.8 Å². The standard InChI is InChI=1S/C11H20N4S/c1-8(6-12-10-4-5-10)7-16-11-14-13-9(2)15(11)3/h8,10,12H,4-7H2,1-3H3. The van der Waals surface area contributed by atoms with Crippen LogP contribution in [0.15, 0.2) is 5.16 Å². The van der Waals surface area contributed by atoms with Crippen LogP contribution in [0.2, 0.25) is 0 Å². The third-order valence-electron chi connectivity index (χ3n) is 2.88. The number of aromatic nitrogens is 3. The van der Waals surface area contributed by atoms with Gasteiger partial charge in [-0.05, 0) is 32.2 Å². The van der Waals surface area contributed by atoms with Crippen molar-refractivity contribution < 1.29 is 0 Å². The Morgan fingerprint density at radius 3 is 2.81 bits per heavy atom. The van der Waals surface area contributed by atoms with Gasteiger partial charge in [-0.1, -0.05) is 18.7 Å². The molecule has 0 spiro atoms. The zero-order chi connectivity index (χ0) is 11.5. The molecule has 1 aliphatic carbocycles. The van der Waals surface area contributed by atoms with Crippen LogP contribution in [0.4, 0.5) is 0 Å². The minimum absolute atomic E-state index is 0.683. The topological polar surface area (TPSA) is 42.7 Å². The second kappa shape index (κ2) is 5.19. The summed E-state index contributed by atoms with van der Waals surface area (Å²) >= 11 is 1.80. The van der Waals surface area contributed by atoms with Crippen LogP contribution in [-0.4, -0.2) is 33.1 Å². The van der Waals surface area contributed by atoms with Crippen molar-refractivity contribution in [2.75, 3.05) is 12.3 Å². The monoisotopic (exact) mass is 240 g/mol. The van der Waals surface area contributed by atoms with Gasteiger partial charge in [0, 0.05) is 18.8 Å². The first-order valence-electron chi connectivity index (χ1n) is 5.89. The van der Waals surface area contributed by atoms with Gasteiger partial charge in [0.25, 0.3) is 0 Å². The summed E-state index contributed by atoms with van der Waals surface area (Å²) in [4.78, 5) is 0. The van der Waals surface area contributed by atoms with Crippen LogP contribution < -0.4 is 5.32 Å². The van der Waals surface area contributed by atoms with Gasteiger partial charge in [-0.15, -0.1) is 10.2 Å². The highest BCUT2D eigenvalue weighted by Crippen LogP contribution is 2.21. The third-order valence-corrected chi connectivity index (χ3v) is 4.23. The molecular formula is C11H20N4S. The van der Waals surface area contributed by atoms with Crippen LogP contribution in [0.25, 0.3) is 0 Å². The number of rotatable bonds is 6. The molecule has 1 aromatic heterocycles. The lowest BCUT2D eigenvalue weighted by atomic mass is 10.2. The van der Waals surface area contributed by atoms with Crippen molar-refractivity contribution >= 4 is 11.8 Å². The number of hydrogen-bond acceptors (Lipinski definition) is 4. The molecule has 1 saturated carbocycles. The van der Waals surface area contributed by atoms with Gasteiger partial charge in [0.1, 0.15) is 5.82 Å². The van der Waals surface area contributed by atoms with Gasteiger partial charge in [0.05, 0.1) is 0 Å². The van der Waals surface area contributed by atoms with E-state index in [1.807, 2.05) is 18.5 Å².